The average Bonchev–Trinajstić information content (AvgIpc) is 2.12. The molecule has 1 atom stereocenters. The van der Waals surface area contributed by atoms with Gasteiger partial charge in [-0.05, 0) is 0 Å². The van der Waals surface area contributed by atoms with Crippen LogP contribution in [0.15, 0.2) is 0 Å². The molecule has 0 spiro atoms. The normalized spacial score (nSPS) is 27.2. The minimum atomic E-state index is -0.987. The molecule has 0 bridgehead atoms. The monoisotopic (exact) mass is 115 g/mol. The Labute approximate surface area is 46.7 Å². The molecular formula is C3H4BO4. The summed E-state index contributed by atoms with van der Waals surface area (Å²) in [6.45, 7) is 0.120. The molecule has 1 aliphatic rings. The van der Waals surface area contributed by atoms with Crippen LogP contribution in [0.3, 0.4) is 0 Å². The van der Waals surface area contributed by atoms with Gasteiger partial charge in [0.05, 0.1) is 6.61 Å². The van der Waals surface area contributed by atoms with E-state index in [0.29, 0.717) is 0 Å². The van der Waals surface area contributed by atoms with Crippen molar-refractivity contribution in [3.05, 3.63) is 0 Å². The lowest BCUT2D eigenvalue weighted by atomic mass is 10.4. The zero-order chi connectivity index (χ0) is 5.98. The molecule has 5 heteroatoms. The van der Waals surface area contributed by atoms with E-state index in [0.717, 1.165) is 7.69 Å². The number of rotatable bonds is 1. The Morgan fingerprint density at radius 1 is 1.88 bits per heavy atom. The van der Waals surface area contributed by atoms with Gasteiger partial charge in [-0.1, -0.05) is 0 Å². The number of carboxylic acids is 1. The molecule has 0 aromatic rings. The minimum Gasteiger partial charge on any atom is -0.479 e. The van der Waals surface area contributed by atoms with Crippen LogP contribution in [0.5, 0.6) is 0 Å². The van der Waals surface area contributed by atoms with Gasteiger partial charge in [0.2, 0.25) is 0 Å². The molecule has 8 heavy (non-hydrogen) atoms. The van der Waals surface area contributed by atoms with Gasteiger partial charge in [-0.2, -0.15) is 0 Å². The van der Waals surface area contributed by atoms with Gasteiger partial charge < -0.3 is 14.4 Å². The molecule has 1 heterocycles. The van der Waals surface area contributed by atoms with Gasteiger partial charge in [0.15, 0.2) is 6.10 Å². The fourth-order valence-electron chi connectivity index (χ4n) is 0.402. The molecule has 1 radical (unpaired) electrons. The smallest absolute Gasteiger partial charge is 0.479 e. The third-order valence-corrected chi connectivity index (χ3v) is 0.811. The van der Waals surface area contributed by atoms with Crippen molar-refractivity contribution in [1.82, 2.24) is 0 Å². The zero-order valence-corrected chi connectivity index (χ0v) is 4.03. The van der Waals surface area contributed by atoms with E-state index in [2.05, 4.69) is 9.31 Å². The summed E-state index contributed by atoms with van der Waals surface area (Å²) >= 11 is 0. The quantitative estimate of drug-likeness (QED) is 0.446. The van der Waals surface area contributed by atoms with E-state index >= 15 is 0 Å². The summed E-state index contributed by atoms with van der Waals surface area (Å²) in [4.78, 5) is 9.98. The second kappa shape index (κ2) is 2.15. The highest BCUT2D eigenvalue weighted by Crippen LogP contribution is 1.99. The SMILES string of the molecule is O=C(O)[C@H]1CO[B]O1. The molecule has 0 amide bonds. The van der Waals surface area contributed by atoms with Crippen molar-refractivity contribution < 1.29 is 19.2 Å². The van der Waals surface area contributed by atoms with Crippen molar-refractivity contribution >= 4 is 13.7 Å². The molecular weight excluding hydrogens is 111 g/mol. The van der Waals surface area contributed by atoms with Crippen molar-refractivity contribution in [2.75, 3.05) is 6.61 Å². The van der Waals surface area contributed by atoms with Crippen molar-refractivity contribution in [3.63, 3.8) is 0 Å². The van der Waals surface area contributed by atoms with Crippen LogP contribution in [0.4, 0.5) is 0 Å². The number of aliphatic carboxylic acids is 1. The zero-order valence-electron chi connectivity index (χ0n) is 4.03. The summed E-state index contributed by atoms with van der Waals surface area (Å²) in [7, 11) is 1.04. The predicted molar refractivity (Wildman–Crippen MR) is 24.2 cm³/mol. The maximum atomic E-state index is 9.98. The first-order valence-corrected chi connectivity index (χ1v) is 2.12. The summed E-state index contributed by atoms with van der Waals surface area (Å²) in [5.41, 5.74) is 0. The largest absolute Gasteiger partial charge is 0.488 e. The van der Waals surface area contributed by atoms with Gasteiger partial charge in [0.1, 0.15) is 0 Å². The van der Waals surface area contributed by atoms with E-state index in [1.165, 1.54) is 0 Å². The lowest BCUT2D eigenvalue weighted by molar-refractivity contribution is -0.144. The Bertz CT molecular complexity index is 97.5. The van der Waals surface area contributed by atoms with Crippen LogP contribution >= 0.6 is 0 Å². The Kier molecular flexibility index (Phi) is 1.50. The van der Waals surface area contributed by atoms with Crippen LogP contribution in [-0.4, -0.2) is 31.5 Å². The third kappa shape index (κ3) is 0.990. The minimum absolute atomic E-state index is 0.120. The van der Waals surface area contributed by atoms with Crippen LogP contribution < -0.4 is 0 Å². The molecule has 0 unspecified atom stereocenters. The number of hydrogen-bond acceptors (Lipinski definition) is 3. The van der Waals surface area contributed by atoms with E-state index < -0.39 is 12.1 Å². The van der Waals surface area contributed by atoms with Gasteiger partial charge in [-0.25, -0.2) is 4.79 Å². The van der Waals surface area contributed by atoms with E-state index in [-0.39, 0.29) is 6.61 Å². The van der Waals surface area contributed by atoms with E-state index in [9.17, 15) is 4.79 Å². The molecule has 1 saturated heterocycles. The lowest BCUT2D eigenvalue weighted by Gasteiger charge is -1.97. The molecule has 0 aromatic carbocycles. The van der Waals surface area contributed by atoms with E-state index in [4.69, 9.17) is 5.11 Å². The van der Waals surface area contributed by atoms with E-state index in [1.807, 2.05) is 0 Å². The van der Waals surface area contributed by atoms with Gasteiger partial charge in [-0.15, -0.1) is 0 Å². The van der Waals surface area contributed by atoms with Crippen LogP contribution in [0.25, 0.3) is 0 Å². The van der Waals surface area contributed by atoms with Gasteiger partial charge in [-0.3, -0.25) is 0 Å². The Balaban J connectivity index is 2.35. The Morgan fingerprint density at radius 2 is 2.62 bits per heavy atom. The molecule has 1 aliphatic heterocycles. The first-order chi connectivity index (χ1) is 3.80. The van der Waals surface area contributed by atoms with Crippen LogP contribution in [0.1, 0.15) is 0 Å². The maximum absolute atomic E-state index is 9.98. The first-order valence-electron chi connectivity index (χ1n) is 2.12. The van der Waals surface area contributed by atoms with Gasteiger partial charge in [0, 0.05) is 0 Å². The lowest BCUT2D eigenvalue weighted by Crippen LogP contribution is -2.21. The molecule has 1 fully saturated rings. The first kappa shape index (κ1) is 5.59. The number of hydrogen-bond donors (Lipinski definition) is 1. The topological polar surface area (TPSA) is 55.8 Å². The van der Waals surface area contributed by atoms with Crippen LogP contribution in [0, 0.1) is 0 Å². The van der Waals surface area contributed by atoms with Crippen LogP contribution in [0.2, 0.25) is 0 Å². The summed E-state index contributed by atoms with van der Waals surface area (Å²) in [6.07, 6.45) is -0.796. The summed E-state index contributed by atoms with van der Waals surface area (Å²) < 4.78 is 8.96. The van der Waals surface area contributed by atoms with Crippen molar-refractivity contribution in [1.29, 1.82) is 0 Å². The molecule has 1 rings (SSSR count). The fourth-order valence-corrected chi connectivity index (χ4v) is 0.402. The standard InChI is InChI=1S/C3H4BO4/c5-3(6)2-1-7-4-8-2/h2H,1H2,(H,5,6)/t2-/m1/s1. The van der Waals surface area contributed by atoms with Crippen molar-refractivity contribution in [2.45, 2.75) is 6.10 Å². The second-order valence-corrected chi connectivity index (χ2v) is 1.39. The summed E-state index contributed by atoms with van der Waals surface area (Å²) in [5.74, 6) is -0.987. The Morgan fingerprint density at radius 3 is 2.88 bits per heavy atom. The highest BCUT2D eigenvalue weighted by molar-refractivity contribution is 6.19. The molecule has 1 N–H and O–H groups in total. The van der Waals surface area contributed by atoms with E-state index in [1.54, 1.807) is 0 Å². The van der Waals surface area contributed by atoms with Crippen LogP contribution in [-0.2, 0) is 14.1 Å². The number of carboxylic acid groups (broad SMARTS) is 1. The van der Waals surface area contributed by atoms with Gasteiger partial charge in [0.25, 0.3) is 0 Å². The average molecular weight is 115 g/mol. The second-order valence-electron chi connectivity index (χ2n) is 1.39. The van der Waals surface area contributed by atoms with Crippen molar-refractivity contribution in [2.24, 2.45) is 0 Å². The molecule has 43 valence electrons. The molecule has 0 aliphatic carbocycles. The Hall–Kier alpha value is -0.545. The highest BCUT2D eigenvalue weighted by atomic mass is 16.6. The molecule has 4 nitrogen and oxygen atoms in total. The molecule has 0 saturated carbocycles. The summed E-state index contributed by atoms with van der Waals surface area (Å²) in [6, 6.07) is 0. The fraction of sp³-hybridized carbons (Fsp3) is 0.667. The highest BCUT2D eigenvalue weighted by Gasteiger charge is 2.24. The maximum Gasteiger partial charge on any atom is 0.488 e. The van der Waals surface area contributed by atoms with Gasteiger partial charge >= 0.3 is 13.7 Å². The number of carbonyl (C=O) groups is 1. The predicted octanol–water partition coefficient (Wildman–Crippen LogP) is -0.979. The summed E-state index contributed by atoms with van der Waals surface area (Å²) in [5, 5.41) is 8.19. The molecule has 0 aromatic heterocycles. The van der Waals surface area contributed by atoms with Crippen molar-refractivity contribution in [3.8, 4) is 0 Å². The third-order valence-electron chi connectivity index (χ3n) is 0.811.